The Morgan fingerprint density at radius 1 is 1.37 bits per heavy atom. The molecule has 1 heterocycles. The van der Waals surface area contributed by atoms with E-state index in [-0.39, 0.29) is 5.91 Å². The SMILES string of the molecule is Cc1csc(CNC(=O)c2cccc(C(N)=O)c2)n1. The number of nitrogens with zero attached hydrogens (tertiary/aromatic N) is 1. The predicted octanol–water partition coefficient (Wildman–Crippen LogP) is 1.48. The van der Waals surface area contributed by atoms with Crippen LogP contribution in [0, 0.1) is 6.92 Å². The first kappa shape index (κ1) is 13.2. The van der Waals surface area contributed by atoms with E-state index in [1.807, 2.05) is 12.3 Å². The van der Waals surface area contributed by atoms with Gasteiger partial charge < -0.3 is 11.1 Å². The Labute approximate surface area is 114 Å². The summed E-state index contributed by atoms with van der Waals surface area (Å²) in [5.41, 5.74) is 6.83. The molecule has 0 aliphatic rings. The zero-order valence-corrected chi connectivity index (χ0v) is 11.2. The maximum Gasteiger partial charge on any atom is 0.251 e. The van der Waals surface area contributed by atoms with Crippen molar-refractivity contribution in [1.29, 1.82) is 0 Å². The zero-order chi connectivity index (χ0) is 13.8. The number of thiazole rings is 1. The Hall–Kier alpha value is -2.21. The van der Waals surface area contributed by atoms with E-state index in [2.05, 4.69) is 10.3 Å². The Bertz CT molecular complexity index is 622. The van der Waals surface area contributed by atoms with E-state index < -0.39 is 5.91 Å². The molecular formula is C13H13N3O2S. The van der Waals surface area contributed by atoms with Gasteiger partial charge in [-0.15, -0.1) is 11.3 Å². The average molecular weight is 275 g/mol. The lowest BCUT2D eigenvalue weighted by Crippen LogP contribution is -2.23. The Balaban J connectivity index is 2.03. The van der Waals surface area contributed by atoms with Gasteiger partial charge in [0, 0.05) is 22.2 Å². The van der Waals surface area contributed by atoms with Gasteiger partial charge in [0.1, 0.15) is 5.01 Å². The maximum atomic E-state index is 11.9. The lowest BCUT2D eigenvalue weighted by Gasteiger charge is -2.04. The highest BCUT2D eigenvalue weighted by atomic mass is 32.1. The molecular weight excluding hydrogens is 262 g/mol. The van der Waals surface area contributed by atoms with Gasteiger partial charge in [0.15, 0.2) is 0 Å². The summed E-state index contributed by atoms with van der Waals surface area (Å²) in [6.07, 6.45) is 0. The molecule has 2 aromatic rings. The minimum absolute atomic E-state index is 0.254. The van der Waals surface area contributed by atoms with Crippen LogP contribution in [0.4, 0.5) is 0 Å². The van der Waals surface area contributed by atoms with E-state index in [0.717, 1.165) is 10.7 Å². The molecule has 98 valence electrons. The maximum absolute atomic E-state index is 11.9. The Kier molecular flexibility index (Phi) is 3.91. The standard InChI is InChI=1S/C13H13N3O2S/c1-8-7-19-11(16-8)6-15-13(18)10-4-2-3-9(5-10)12(14)17/h2-5,7H,6H2,1H3,(H2,14,17)(H,15,18). The van der Waals surface area contributed by atoms with Crippen molar-refractivity contribution in [2.75, 3.05) is 0 Å². The fourth-order valence-electron chi connectivity index (χ4n) is 1.56. The minimum atomic E-state index is -0.551. The molecule has 0 saturated heterocycles. The molecule has 0 aliphatic carbocycles. The summed E-state index contributed by atoms with van der Waals surface area (Å²) in [6.45, 7) is 2.27. The summed E-state index contributed by atoms with van der Waals surface area (Å²) < 4.78 is 0. The summed E-state index contributed by atoms with van der Waals surface area (Å²) in [5.74, 6) is -0.804. The van der Waals surface area contributed by atoms with Crippen LogP contribution in [-0.4, -0.2) is 16.8 Å². The van der Waals surface area contributed by atoms with Crippen molar-refractivity contribution in [2.45, 2.75) is 13.5 Å². The first-order valence-corrected chi connectivity index (χ1v) is 6.53. The Morgan fingerprint density at radius 2 is 2.11 bits per heavy atom. The molecule has 1 aromatic carbocycles. The van der Waals surface area contributed by atoms with Crippen LogP contribution in [0.25, 0.3) is 0 Å². The Morgan fingerprint density at radius 3 is 2.74 bits per heavy atom. The lowest BCUT2D eigenvalue weighted by molar-refractivity contribution is 0.0951. The third-order valence-corrected chi connectivity index (χ3v) is 3.44. The summed E-state index contributed by atoms with van der Waals surface area (Å²) in [6, 6.07) is 6.31. The fraction of sp³-hybridized carbons (Fsp3) is 0.154. The van der Waals surface area contributed by atoms with Crippen LogP contribution in [-0.2, 0) is 6.54 Å². The summed E-state index contributed by atoms with van der Waals surface area (Å²) in [4.78, 5) is 27.2. The molecule has 19 heavy (non-hydrogen) atoms. The number of hydrogen-bond acceptors (Lipinski definition) is 4. The van der Waals surface area contributed by atoms with Crippen LogP contribution in [0.1, 0.15) is 31.4 Å². The van der Waals surface area contributed by atoms with Crippen LogP contribution >= 0.6 is 11.3 Å². The van der Waals surface area contributed by atoms with Crippen molar-refractivity contribution in [3.05, 3.63) is 51.5 Å². The predicted molar refractivity (Wildman–Crippen MR) is 73.0 cm³/mol. The third-order valence-electron chi connectivity index (χ3n) is 2.48. The van der Waals surface area contributed by atoms with Gasteiger partial charge in [-0.05, 0) is 25.1 Å². The lowest BCUT2D eigenvalue weighted by atomic mass is 10.1. The van der Waals surface area contributed by atoms with E-state index in [0.29, 0.717) is 17.7 Å². The van der Waals surface area contributed by atoms with Gasteiger partial charge in [0.2, 0.25) is 5.91 Å². The van der Waals surface area contributed by atoms with Crippen LogP contribution in [0.15, 0.2) is 29.6 Å². The van der Waals surface area contributed by atoms with Crippen molar-refractivity contribution < 1.29 is 9.59 Å². The van der Waals surface area contributed by atoms with Gasteiger partial charge in [-0.1, -0.05) is 6.07 Å². The average Bonchev–Trinajstić information content (AvgIpc) is 2.82. The molecule has 0 spiro atoms. The van der Waals surface area contributed by atoms with Crippen LogP contribution < -0.4 is 11.1 Å². The van der Waals surface area contributed by atoms with Gasteiger partial charge in [0.25, 0.3) is 5.91 Å². The zero-order valence-electron chi connectivity index (χ0n) is 10.3. The molecule has 1 aromatic heterocycles. The molecule has 0 radical (unpaired) electrons. The highest BCUT2D eigenvalue weighted by molar-refractivity contribution is 7.09. The number of hydrogen-bond donors (Lipinski definition) is 2. The molecule has 2 rings (SSSR count). The number of carbonyl (C=O) groups excluding carboxylic acids is 2. The number of carbonyl (C=O) groups is 2. The normalized spacial score (nSPS) is 10.2. The smallest absolute Gasteiger partial charge is 0.251 e. The molecule has 0 unspecified atom stereocenters. The molecule has 0 bridgehead atoms. The second-order valence-electron chi connectivity index (χ2n) is 4.01. The van der Waals surface area contributed by atoms with Gasteiger partial charge >= 0.3 is 0 Å². The van der Waals surface area contributed by atoms with Gasteiger partial charge in [-0.3, -0.25) is 9.59 Å². The number of rotatable bonds is 4. The van der Waals surface area contributed by atoms with Crippen molar-refractivity contribution in [3.63, 3.8) is 0 Å². The van der Waals surface area contributed by atoms with Crippen LogP contribution in [0.3, 0.4) is 0 Å². The second kappa shape index (κ2) is 5.62. The number of amides is 2. The van der Waals surface area contributed by atoms with Gasteiger partial charge in [0.05, 0.1) is 6.54 Å². The van der Waals surface area contributed by atoms with E-state index in [4.69, 9.17) is 5.73 Å². The molecule has 5 nitrogen and oxygen atoms in total. The number of aryl methyl sites for hydroxylation is 1. The van der Waals surface area contributed by atoms with Crippen molar-refractivity contribution in [1.82, 2.24) is 10.3 Å². The molecule has 6 heteroatoms. The number of benzene rings is 1. The first-order valence-electron chi connectivity index (χ1n) is 5.65. The number of aromatic nitrogens is 1. The van der Waals surface area contributed by atoms with E-state index in [9.17, 15) is 9.59 Å². The summed E-state index contributed by atoms with van der Waals surface area (Å²) in [7, 11) is 0. The monoisotopic (exact) mass is 275 g/mol. The minimum Gasteiger partial charge on any atom is -0.366 e. The summed E-state index contributed by atoms with van der Waals surface area (Å²) >= 11 is 1.49. The van der Waals surface area contributed by atoms with Crippen LogP contribution in [0.5, 0.6) is 0 Å². The first-order chi connectivity index (χ1) is 9.06. The fourth-order valence-corrected chi connectivity index (χ4v) is 2.27. The van der Waals surface area contributed by atoms with E-state index in [1.165, 1.54) is 17.4 Å². The topological polar surface area (TPSA) is 85.1 Å². The van der Waals surface area contributed by atoms with Crippen LogP contribution in [0.2, 0.25) is 0 Å². The number of nitrogens with one attached hydrogen (secondary N) is 1. The van der Waals surface area contributed by atoms with E-state index in [1.54, 1.807) is 18.2 Å². The highest BCUT2D eigenvalue weighted by Gasteiger charge is 2.09. The molecule has 0 atom stereocenters. The number of nitrogens with two attached hydrogens (primary N) is 1. The molecule has 3 N–H and O–H groups in total. The van der Waals surface area contributed by atoms with Crippen molar-refractivity contribution in [3.8, 4) is 0 Å². The summed E-state index contributed by atoms with van der Waals surface area (Å²) in [5, 5.41) is 5.52. The highest BCUT2D eigenvalue weighted by Crippen LogP contribution is 2.09. The van der Waals surface area contributed by atoms with Crippen molar-refractivity contribution >= 4 is 23.2 Å². The molecule has 0 saturated carbocycles. The molecule has 0 aliphatic heterocycles. The van der Waals surface area contributed by atoms with E-state index >= 15 is 0 Å². The van der Waals surface area contributed by atoms with Gasteiger partial charge in [-0.25, -0.2) is 4.98 Å². The number of primary amides is 1. The molecule has 2 amide bonds. The van der Waals surface area contributed by atoms with Crippen molar-refractivity contribution in [2.24, 2.45) is 5.73 Å². The third kappa shape index (κ3) is 3.38. The molecule has 0 fully saturated rings. The second-order valence-corrected chi connectivity index (χ2v) is 4.95. The quantitative estimate of drug-likeness (QED) is 0.886. The largest absolute Gasteiger partial charge is 0.366 e. The van der Waals surface area contributed by atoms with Gasteiger partial charge in [-0.2, -0.15) is 0 Å².